The Hall–Kier alpha value is -3.36. The van der Waals surface area contributed by atoms with Gasteiger partial charge in [0.25, 0.3) is 5.91 Å². The van der Waals surface area contributed by atoms with Crippen LogP contribution in [0.1, 0.15) is 15.9 Å². The molecule has 3 aromatic carbocycles. The molecule has 29 heavy (non-hydrogen) atoms. The number of carbonyl (C=O) groups excluding carboxylic acids is 1. The first-order valence-electron chi connectivity index (χ1n) is 8.69. The van der Waals surface area contributed by atoms with Gasteiger partial charge in [-0.1, -0.05) is 24.3 Å². The number of hydrogen-bond acceptors (Lipinski definition) is 5. The summed E-state index contributed by atoms with van der Waals surface area (Å²) in [6, 6.07) is 17.7. The fourth-order valence-electron chi connectivity index (χ4n) is 2.95. The van der Waals surface area contributed by atoms with E-state index in [1.54, 1.807) is 31.3 Å². The molecule has 0 aromatic heterocycles. The first-order chi connectivity index (χ1) is 13.8. The molecule has 0 aliphatic rings. The van der Waals surface area contributed by atoms with Crippen molar-refractivity contribution >= 4 is 34.1 Å². The molecule has 0 heterocycles. The number of amides is 1. The normalized spacial score (nSPS) is 11.7. The van der Waals surface area contributed by atoms with Crippen LogP contribution in [0.4, 0.5) is 17.1 Å². The van der Waals surface area contributed by atoms with Gasteiger partial charge in [-0.3, -0.25) is 14.9 Å². The van der Waals surface area contributed by atoms with Gasteiger partial charge in [-0.25, -0.2) is 0 Å². The molecule has 8 heteroatoms. The van der Waals surface area contributed by atoms with Crippen molar-refractivity contribution in [2.24, 2.45) is 0 Å². The van der Waals surface area contributed by atoms with Crippen molar-refractivity contribution in [1.82, 2.24) is 0 Å². The number of rotatable bonds is 5. The van der Waals surface area contributed by atoms with Crippen molar-refractivity contribution < 1.29 is 14.3 Å². The van der Waals surface area contributed by atoms with E-state index in [-0.39, 0.29) is 16.1 Å². The second-order valence-corrected chi connectivity index (χ2v) is 7.88. The van der Waals surface area contributed by atoms with Crippen LogP contribution in [0.2, 0.25) is 0 Å². The van der Waals surface area contributed by atoms with Crippen molar-refractivity contribution in [3.63, 3.8) is 0 Å². The van der Waals surface area contributed by atoms with Gasteiger partial charge < -0.3 is 15.2 Å². The summed E-state index contributed by atoms with van der Waals surface area (Å²) >= 11 is -1.81. The van der Waals surface area contributed by atoms with Gasteiger partial charge in [-0.2, -0.15) is 0 Å². The molecule has 2 N–H and O–H groups in total. The Morgan fingerprint density at radius 1 is 1.07 bits per heavy atom. The first kappa shape index (κ1) is 20.4. The molecule has 0 aliphatic carbocycles. The summed E-state index contributed by atoms with van der Waals surface area (Å²) in [5.74, 6) is -0.399. The quantitative estimate of drug-likeness (QED) is 0.297. The Kier molecular flexibility index (Phi) is 5.86. The molecule has 3 aromatic rings. The van der Waals surface area contributed by atoms with Crippen molar-refractivity contribution in [3.05, 3.63) is 88.0 Å². The molecule has 7 nitrogen and oxygen atoms in total. The monoisotopic (exact) mass is 409 g/mol. The van der Waals surface area contributed by atoms with Crippen LogP contribution in [0, 0.1) is 17.0 Å². The maximum atomic E-state index is 12.9. The van der Waals surface area contributed by atoms with E-state index in [1.165, 1.54) is 23.1 Å². The summed E-state index contributed by atoms with van der Waals surface area (Å²) in [6.07, 6.45) is 0. The van der Waals surface area contributed by atoms with Crippen LogP contribution in [0.15, 0.2) is 76.5 Å². The van der Waals surface area contributed by atoms with Gasteiger partial charge in [0.05, 0.1) is 4.92 Å². The third-order valence-corrected chi connectivity index (χ3v) is 5.88. The highest BCUT2D eigenvalue weighted by Crippen LogP contribution is 2.31. The maximum Gasteiger partial charge on any atom is 0.324 e. The van der Waals surface area contributed by atoms with Gasteiger partial charge in [-0.05, 0) is 36.8 Å². The molecule has 0 spiro atoms. The van der Waals surface area contributed by atoms with E-state index < -0.39 is 22.0 Å². The largest absolute Gasteiger partial charge is 0.606 e. The average Bonchev–Trinajstić information content (AvgIpc) is 2.72. The van der Waals surface area contributed by atoms with Crippen LogP contribution in [0.3, 0.4) is 0 Å². The van der Waals surface area contributed by atoms with Crippen LogP contribution >= 0.6 is 0 Å². The van der Waals surface area contributed by atoms with Gasteiger partial charge in [-0.15, -0.1) is 0 Å². The summed E-state index contributed by atoms with van der Waals surface area (Å²) in [6.45, 7) is 1.87. The lowest BCUT2D eigenvalue weighted by Crippen LogP contribution is -2.27. The van der Waals surface area contributed by atoms with Gasteiger partial charge in [0.2, 0.25) is 4.90 Å². The van der Waals surface area contributed by atoms with Crippen LogP contribution in [-0.4, -0.2) is 22.4 Å². The van der Waals surface area contributed by atoms with Crippen LogP contribution < -0.4 is 10.6 Å². The van der Waals surface area contributed by atoms with Gasteiger partial charge in [0, 0.05) is 53.4 Å². The molecule has 1 unspecified atom stereocenters. The lowest BCUT2D eigenvalue weighted by molar-refractivity contribution is -0.387. The van der Waals surface area contributed by atoms with Gasteiger partial charge in [0.1, 0.15) is 0 Å². The summed E-state index contributed by atoms with van der Waals surface area (Å²) < 4.78 is 12.9. The summed E-state index contributed by atoms with van der Waals surface area (Å²) in [5, 5.41) is 11.6. The third-order valence-electron chi connectivity index (χ3n) is 4.46. The van der Waals surface area contributed by atoms with Crippen molar-refractivity contribution in [3.8, 4) is 0 Å². The highest BCUT2D eigenvalue weighted by Gasteiger charge is 2.29. The number of carbonyl (C=O) groups is 1. The minimum absolute atomic E-state index is 0.00990. The third kappa shape index (κ3) is 4.23. The number of nitrogens with two attached hydrogens (primary N) is 1. The second-order valence-electron chi connectivity index (χ2n) is 6.43. The van der Waals surface area contributed by atoms with E-state index in [4.69, 9.17) is 5.73 Å². The smallest absolute Gasteiger partial charge is 0.324 e. The van der Waals surface area contributed by atoms with E-state index in [0.29, 0.717) is 16.3 Å². The predicted molar refractivity (Wildman–Crippen MR) is 113 cm³/mol. The Labute approximate surface area is 171 Å². The highest BCUT2D eigenvalue weighted by molar-refractivity contribution is 7.91. The standard InChI is InChI=1S/C21H19N3O4S/c1-14-6-3-4-9-18(14)23(2)21(25)15-10-11-20(19(12-15)24(26)27)29(28)17-8-5-7-16(22)13-17/h3-13H,22H2,1-2H3. The van der Waals surface area contributed by atoms with E-state index in [0.717, 1.165) is 11.6 Å². The molecule has 0 saturated carbocycles. The SMILES string of the molecule is Cc1ccccc1N(C)C(=O)c1ccc([S+]([O-])c2cccc(N)c2)c([N+](=O)[O-])c1. The summed E-state index contributed by atoms with van der Waals surface area (Å²) in [7, 11) is 1.61. The number of nitro benzene ring substituents is 1. The predicted octanol–water partition coefficient (Wildman–Crippen LogP) is 3.93. The fourth-order valence-corrected chi connectivity index (χ4v) is 4.16. The number of nitrogen functional groups attached to an aromatic ring is 1. The van der Waals surface area contributed by atoms with Crippen LogP contribution in [0.25, 0.3) is 0 Å². The Balaban J connectivity index is 1.99. The molecule has 1 atom stereocenters. The number of para-hydroxylation sites is 1. The zero-order valence-corrected chi connectivity index (χ0v) is 16.7. The van der Waals surface area contributed by atoms with Gasteiger partial charge >= 0.3 is 5.69 Å². The molecular weight excluding hydrogens is 390 g/mol. The summed E-state index contributed by atoms with van der Waals surface area (Å²) in [5.41, 5.74) is 7.48. The van der Waals surface area contributed by atoms with Crippen LogP contribution in [0.5, 0.6) is 0 Å². The number of nitro groups is 1. The van der Waals surface area contributed by atoms with E-state index in [1.807, 2.05) is 25.1 Å². The van der Waals surface area contributed by atoms with Crippen LogP contribution in [-0.2, 0) is 11.2 Å². The van der Waals surface area contributed by atoms with Crippen molar-refractivity contribution in [2.75, 3.05) is 17.7 Å². The lowest BCUT2D eigenvalue weighted by Gasteiger charge is -2.19. The molecule has 0 radical (unpaired) electrons. The minimum Gasteiger partial charge on any atom is -0.606 e. The van der Waals surface area contributed by atoms with Crippen molar-refractivity contribution in [2.45, 2.75) is 16.7 Å². The molecule has 0 fully saturated rings. The Morgan fingerprint density at radius 2 is 1.79 bits per heavy atom. The molecule has 148 valence electrons. The number of benzene rings is 3. The number of hydrogen-bond donors (Lipinski definition) is 1. The number of nitrogens with zero attached hydrogens (tertiary/aromatic N) is 2. The van der Waals surface area contributed by atoms with E-state index in [2.05, 4.69) is 0 Å². The molecule has 0 bridgehead atoms. The van der Waals surface area contributed by atoms with Gasteiger partial charge in [0.15, 0.2) is 4.90 Å². The molecule has 0 aliphatic heterocycles. The molecule has 1 amide bonds. The average molecular weight is 409 g/mol. The zero-order chi connectivity index (χ0) is 21.1. The minimum atomic E-state index is -1.81. The zero-order valence-electron chi connectivity index (χ0n) is 15.9. The fraction of sp³-hybridized carbons (Fsp3) is 0.0952. The first-order valence-corrected chi connectivity index (χ1v) is 9.84. The lowest BCUT2D eigenvalue weighted by atomic mass is 10.1. The number of anilines is 2. The number of aryl methyl sites for hydroxylation is 1. The Bertz CT molecular complexity index is 1090. The maximum absolute atomic E-state index is 12.9. The van der Waals surface area contributed by atoms with E-state index in [9.17, 15) is 19.5 Å². The molecule has 0 saturated heterocycles. The second kappa shape index (κ2) is 8.34. The Morgan fingerprint density at radius 3 is 2.45 bits per heavy atom. The molecular formula is C21H19N3O4S. The molecule has 3 rings (SSSR count). The van der Waals surface area contributed by atoms with Crippen molar-refractivity contribution in [1.29, 1.82) is 0 Å². The topological polar surface area (TPSA) is 113 Å². The summed E-state index contributed by atoms with van der Waals surface area (Å²) in [4.78, 5) is 25.7. The van der Waals surface area contributed by atoms with E-state index >= 15 is 0 Å². The highest BCUT2D eigenvalue weighted by atomic mass is 32.2.